The molecule has 0 radical (unpaired) electrons. The van der Waals surface area contributed by atoms with Crippen LogP contribution in [0.15, 0.2) is 24.3 Å². The minimum absolute atomic E-state index is 0.0561. The lowest BCUT2D eigenvalue weighted by Gasteiger charge is -2.31. The SMILES string of the molecule is CCCCCCCC/C=C/CCCCCC(=O)OC(COCCC(C(=O)O)[N+](C)(C)C)COC(=O)CCCCCCCCC/C=C/CCCCCCCCCCCCCC. The second kappa shape index (κ2) is 43.5. The molecular formula is C52H98NO7+. The first-order chi connectivity index (χ1) is 29.1. The number of nitrogens with zero attached hydrogens (tertiary/aromatic N) is 1. The first-order valence-corrected chi connectivity index (χ1v) is 25.4. The maximum atomic E-state index is 12.7. The lowest BCUT2D eigenvalue weighted by molar-refractivity contribution is -0.887. The Balaban J connectivity index is 4.19. The summed E-state index contributed by atoms with van der Waals surface area (Å²) in [5, 5.41) is 9.64. The van der Waals surface area contributed by atoms with Crippen LogP contribution in [-0.2, 0) is 28.6 Å². The van der Waals surface area contributed by atoms with E-state index in [1.165, 1.54) is 154 Å². The number of hydrogen-bond donors (Lipinski definition) is 1. The molecule has 2 unspecified atom stereocenters. The zero-order chi connectivity index (χ0) is 44.2. The monoisotopic (exact) mass is 849 g/mol. The van der Waals surface area contributed by atoms with Crippen molar-refractivity contribution < 1.29 is 38.2 Å². The van der Waals surface area contributed by atoms with Crippen LogP contribution in [0.2, 0.25) is 0 Å². The fourth-order valence-electron chi connectivity index (χ4n) is 7.61. The Morgan fingerprint density at radius 3 is 1.22 bits per heavy atom. The number of carbonyl (C=O) groups is 3. The van der Waals surface area contributed by atoms with Crippen LogP contribution < -0.4 is 0 Å². The third-order valence-electron chi connectivity index (χ3n) is 11.6. The smallest absolute Gasteiger partial charge is 0.362 e. The molecule has 2 atom stereocenters. The van der Waals surface area contributed by atoms with Gasteiger partial charge in [-0.3, -0.25) is 9.59 Å². The molecule has 1 N–H and O–H groups in total. The number of hydrogen-bond acceptors (Lipinski definition) is 6. The van der Waals surface area contributed by atoms with Gasteiger partial charge in [-0.25, -0.2) is 4.79 Å². The van der Waals surface area contributed by atoms with E-state index in [4.69, 9.17) is 14.2 Å². The van der Waals surface area contributed by atoms with Gasteiger partial charge in [0, 0.05) is 19.3 Å². The van der Waals surface area contributed by atoms with Gasteiger partial charge >= 0.3 is 17.9 Å². The molecule has 0 heterocycles. The summed E-state index contributed by atoms with van der Waals surface area (Å²) in [4.78, 5) is 37.1. The summed E-state index contributed by atoms with van der Waals surface area (Å²) in [5.41, 5.74) is 0. The van der Waals surface area contributed by atoms with E-state index in [1.807, 2.05) is 21.1 Å². The minimum atomic E-state index is -0.876. The van der Waals surface area contributed by atoms with E-state index in [2.05, 4.69) is 38.2 Å². The molecule has 0 spiro atoms. The Labute approximate surface area is 371 Å². The summed E-state index contributed by atoms with van der Waals surface area (Å²) in [5.74, 6) is -1.48. The van der Waals surface area contributed by atoms with E-state index in [1.54, 1.807) is 0 Å². The van der Waals surface area contributed by atoms with Crippen LogP contribution in [0.25, 0.3) is 0 Å². The van der Waals surface area contributed by atoms with Crippen molar-refractivity contribution in [2.45, 2.75) is 251 Å². The minimum Gasteiger partial charge on any atom is -0.477 e. The number of carboxylic acid groups (broad SMARTS) is 1. The highest BCUT2D eigenvalue weighted by molar-refractivity contribution is 5.72. The summed E-state index contributed by atoms with van der Waals surface area (Å²) >= 11 is 0. The molecule has 0 aromatic carbocycles. The van der Waals surface area contributed by atoms with Crippen molar-refractivity contribution in [3.05, 3.63) is 24.3 Å². The third kappa shape index (κ3) is 41.2. The van der Waals surface area contributed by atoms with Crippen molar-refractivity contribution >= 4 is 17.9 Å². The Morgan fingerprint density at radius 2 is 0.833 bits per heavy atom. The number of likely N-dealkylation sites (N-methyl/N-ethyl adjacent to an activating group) is 1. The average molecular weight is 849 g/mol. The molecule has 0 aliphatic heterocycles. The normalized spacial score (nSPS) is 13.0. The number of esters is 2. The highest BCUT2D eigenvalue weighted by Crippen LogP contribution is 2.15. The second-order valence-electron chi connectivity index (χ2n) is 18.4. The largest absolute Gasteiger partial charge is 0.477 e. The van der Waals surface area contributed by atoms with Crippen molar-refractivity contribution in [3.8, 4) is 0 Å². The van der Waals surface area contributed by atoms with E-state index in [0.717, 1.165) is 51.4 Å². The van der Waals surface area contributed by atoms with Gasteiger partial charge in [-0.2, -0.15) is 0 Å². The quantitative estimate of drug-likeness (QED) is 0.0282. The molecule has 0 fully saturated rings. The topological polar surface area (TPSA) is 99.1 Å². The summed E-state index contributed by atoms with van der Waals surface area (Å²) in [7, 11) is 5.53. The van der Waals surface area contributed by atoms with E-state index in [-0.39, 0.29) is 36.2 Å². The van der Waals surface area contributed by atoms with Crippen LogP contribution in [0.5, 0.6) is 0 Å². The van der Waals surface area contributed by atoms with E-state index in [0.29, 0.717) is 19.3 Å². The lowest BCUT2D eigenvalue weighted by Crippen LogP contribution is -2.50. The molecule has 352 valence electrons. The molecule has 0 aromatic rings. The molecule has 0 bridgehead atoms. The van der Waals surface area contributed by atoms with E-state index in [9.17, 15) is 19.5 Å². The Kier molecular flexibility index (Phi) is 41.9. The molecule has 0 aromatic heterocycles. The van der Waals surface area contributed by atoms with Crippen molar-refractivity contribution in [3.63, 3.8) is 0 Å². The van der Waals surface area contributed by atoms with Crippen molar-refractivity contribution in [1.82, 2.24) is 0 Å². The van der Waals surface area contributed by atoms with Gasteiger partial charge in [0.1, 0.15) is 6.61 Å². The van der Waals surface area contributed by atoms with E-state index >= 15 is 0 Å². The molecule has 0 rings (SSSR count). The van der Waals surface area contributed by atoms with Gasteiger partial charge < -0.3 is 23.8 Å². The average Bonchev–Trinajstić information content (AvgIpc) is 3.21. The number of ether oxygens (including phenoxy) is 3. The van der Waals surface area contributed by atoms with Crippen LogP contribution in [0, 0.1) is 0 Å². The summed E-state index contributed by atoms with van der Waals surface area (Å²) in [6.45, 7) is 4.74. The number of quaternary nitrogens is 1. The molecule has 8 heteroatoms. The van der Waals surface area contributed by atoms with Crippen molar-refractivity contribution in [2.75, 3.05) is 41.0 Å². The standard InChI is InChI=1S/C52H97NO7/c1-6-8-10-12-14-16-18-20-21-22-23-24-25-26-27-28-29-31-32-34-36-38-40-42-50(54)59-47-48(46-58-45-44-49(52(56)57)53(3,4)5)60-51(55)43-41-39-37-35-33-30-19-17-15-13-11-9-7-2/h26-27,30,33,48-49H,6-25,28-29,31-32,34-47H2,1-5H3/p+1/b27-26+,33-30+. The summed E-state index contributed by atoms with van der Waals surface area (Å²) in [6.07, 6.45) is 49.5. The van der Waals surface area contributed by atoms with Crippen LogP contribution in [0.3, 0.4) is 0 Å². The Bertz CT molecular complexity index is 1040. The predicted molar refractivity (Wildman–Crippen MR) is 252 cm³/mol. The van der Waals surface area contributed by atoms with Crippen LogP contribution in [0.4, 0.5) is 0 Å². The van der Waals surface area contributed by atoms with Gasteiger partial charge in [0.2, 0.25) is 0 Å². The molecule has 0 aliphatic carbocycles. The zero-order valence-electron chi connectivity index (χ0n) is 40.2. The third-order valence-corrected chi connectivity index (χ3v) is 11.6. The Hall–Kier alpha value is -2.19. The number of carbonyl (C=O) groups excluding carboxylic acids is 2. The number of unbranched alkanes of at least 4 members (excludes halogenated alkanes) is 28. The molecule has 0 aliphatic rings. The van der Waals surface area contributed by atoms with Crippen LogP contribution >= 0.6 is 0 Å². The number of aliphatic carboxylic acids is 1. The van der Waals surface area contributed by atoms with Gasteiger partial charge in [0.05, 0.1) is 34.4 Å². The fourth-order valence-corrected chi connectivity index (χ4v) is 7.61. The highest BCUT2D eigenvalue weighted by Gasteiger charge is 2.31. The maximum Gasteiger partial charge on any atom is 0.362 e. The van der Waals surface area contributed by atoms with Crippen LogP contribution in [0.1, 0.15) is 239 Å². The van der Waals surface area contributed by atoms with Gasteiger partial charge in [-0.05, 0) is 64.2 Å². The van der Waals surface area contributed by atoms with E-state index < -0.39 is 18.1 Å². The number of carboxylic acids is 1. The molecule has 8 nitrogen and oxygen atoms in total. The molecule has 0 saturated carbocycles. The van der Waals surface area contributed by atoms with Gasteiger partial charge in [-0.1, -0.05) is 179 Å². The first-order valence-electron chi connectivity index (χ1n) is 25.4. The van der Waals surface area contributed by atoms with Crippen LogP contribution in [-0.4, -0.2) is 80.6 Å². The predicted octanol–water partition coefficient (Wildman–Crippen LogP) is 14.4. The number of allylic oxidation sites excluding steroid dienone is 4. The number of rotatable bonds is 46. The fraction of sp³-hybridized carbons (Fsp3) is 0.865. The van der Waals surface area contributed by atoms with Gasteiger partial charge in [0.15, 0.2) is 12.1 Å². The molecule has 60 heavy (non-hydrogen) atoms. The van der Waals surface area contributed by atoms with Gasteiger partial charge in [-0.15, -0.1) is 0 Å². The summed E-state index contributed by atoms with van der Waals surface area (Å²) in [6, 6.07) is -0.616. The maximum absolute atomic E-state index is 12.7. The molecule has 0 saturated heterocycles. The Morgan fingerprint density at radius 1 is 0.483 bits per heavy atom. The second-order valence-corrected chi connectivity index (χ2v) is 18.4. The molecule has 0 amide bonds. The highest BCUT2D eigenvalue weighted by atomic mass is 16.6. The molecular weight excluding hydrogens is 751 g/mol. The van der Waals surface area contributed by atoms with Crippen molar-refractivity contribution in [2.24, 2.45) is 0 Å². The zero-order valence-corrected chi connectivity index (χ0v) is 40.2. The summed E-state index contributed by atoms with van der Waals surface area (Å²) < 4.78 is 17.3. The first kappa shape index (κ1) is 57.8. The lowest BCUT2D eigenvalue weighted by atomic mass is 10.0. The van der Waals surface area contributed by atoms with Crippen molar-refractivity contribution in [1.29, 1.82) is 0 Å². The van der Waals surface area contributed by atoms with Gasteiger partial charge in [0.25, 0.3) is 0 Å².